The molecule has 0 saturated carbocycles. The van der Waals surface area contributed by atoms with Gasteiger partial charge in [0.05, 0.1) is 12.8 Å². The van der Waals surface area contributed by atoms with Crippen LogP contribution >= 0.6 is 15.9 Å². The molecule has 0 aliphatic carbocycles. The van der Waals surface area contributed by atoms with Crippen molar-refractivity contribution in [2.75, 3.05) is 7.11 Å². The molecule has 5 heteroatoms. The first kappa shape index (κ1) is 14.8. The summed E-state index contributed by atoms with van der Waals surface area (Å²) in [6.07, 6.45) is 1.74. The zero-order valence-electron chi connectivity index (χ0n) is 11.5. The molecule has 106 valence electrons. The minimum atomic E-state index is -0.347. The third-order valence-electron chi connectivity index (χ3n) is 2.96. The van der Waals surface area contributed by atoms with Gasteiger partial charge in [-0.1, -0.05) is 15.9 Å². The number of nitrogens with zero attached hydrogens (tertiary/aromatic N) is 1. The summed E-state index contributed by atoms with van der Waals surface area (Å²) in [6.45, 7) is 4.13. The van der Waals surface area contributed by atoms with E-state index in [1.807, 2.05) is 13.8 Å². The predicted octanol–water partition coefficient (Wildman–Crippen LogP) is 4.19. The number of aromatic nitrogens is 1. The second-order valence-electron chi connectivity index (χ2n) is 4.44. The highest BCUT2D eigenvalue weighted by Gasteiger charge is 2.10. The molecule has 0 spiro atoms. The quantitative estimate of drug-likeness (QED) is 0.836. The SMILES string of the molecule is COc1c(C)cnc(COc2cc(F)cc(Br)c2)c1C. The van der Waals surface area contributed by atoms with Crippen molar-refractivity contribution in [1.29, 1.82) is 0 Å². The van der Waals surface area contributed by atoms with Crippen LogP contribution in [-0.2, 0) is 6.61 Å². The van der Waals surface area contributed by atoms with Gasteiger partial charge in [0.1, 0.15) is 23.9 Å². The van der Waals surface area contributed by atoms with E-state index in [1.165, 1.54) is 12.1 Å². The molecule has 0 atom stereocenters. The lowest BCUT2D eigenvalue weighted by Gasteiger charge is -2.13. The summed E-state index contributed by atoms with van der Waals surface area (Å²) in [6, 6.07) is 4.43. The first-order valence-corrected chi connectivity index (χ1v) is 6.88. The molecule has 1 heterocycles. The Bertz CT molecular complexity index is 611. The molecule has 0 bridgehead atoms. The lowest BCUT2D eigenvalue weighted by Crippen LogP contribution is -2.04. The molecule has 0 radical (unpaired) electrons. The van der Waals surface area contributed by atoms with E-state index in [1.54, 1.807) is 19.4 Å². The predicted molar refractivity (Wildman–Crippen MR) is 78.7 cm³/mol. The van der Waals surface area contributed by atoms with Crippen LogP contribution in [0.25, 0.3) is 0 Å². The molecule has 1 aromatic carbocycles. The molecule has 0 unspecified atom stereocenters. The summed E-state index contributed by atoms with van der Waals surface area (Å²) in [4.78, 5) is 4.34. The van der Waals surface area contributed by atoms with Gasteiger partial charge < -0.3 is 9.47 Å². The minimum absolute atomic E-state index is 0.262. The molecule has 20 heavy (non-hydrogen) atoms. The highest BCUT2D eigenvalue weighted by Crippen LogP contribution is 2.26. The third-order valence-corrected chi connectivity index (χ3v) is 3.42. The maximum absolute atomic E-state index is 13.3. The first-order valence-electron chi connectivity index (χ1n) is 6.09. The van der Waals surface area contributed by atoms with Crippen LogP contribution in [0.4, 0.5) is 4.39 Å². The largest absolute Gasteiger partial charge is 0.496 e. The summed E-state index contributed by atoms with van der Waals surface area (Å²) < 4.78 is 24.8. The Hall–Kier alpha value is -1.62. The molecule has 0 aliphatic rings. The number of aryl methyl sites for hydroxylation is 1. The lowest BCUT2D eigenvalue weighted by atomic mass is 10.1. The van der Waals surface area contributed by atoms with E-state index in [0.29, 0.717) is 10.2 Å². The maximum atomic E-state index is 13.3. The Kier molecular flexibility index (Phi) is 4.60. The van der Waals surface area contributed by atoms with Crippen molar-refractivity contribution in [2.45, 2.75) is 20.5 Å². The smallest absolute Gasteiger partial charge is 0.131 e. The fourth-order valence-corrected chi connectivity index (χ4v) is 2.42. The van der Waals surface area contributed by atoms with E-state index in [-0.39, 0.29) is 12.4 Å². The molecular weight excluding hydrogens is 325 g/mol. The van der Waals surface area contributed by atoms with Crippen LogP contribution in [0.2, 0.25) is 0 Å². The van der Waals surface area contributed by atoms with Crippen LogP contribution in [0.15, 0.2) is 28.9 Å². The van der Waals surface area contributed by atoms with Crippen molar-refractivity contribution in [3.05, 3.63) is 51.5 Å². The average molecular weight is 340 g/mol. The van der Waals surface area contributed by atoms with Gasteiger partial charge in [0.2, 0.25) is 0 Å². The number of benzene rings is 1. The standard InChI is InChI=1S/C15H15BrFNO2/c1-9-7-18-14(10(2)15(9)19-3)8-20-13-5-11(16)4-12(17)6-13/h4-7H,8H2,1-3H3. The van der Waals surface area contributed by atoms with Crippen LogP contribution in [0.1, 0.15) is 16.8 Å². The molecule has 2 rings (SSSR count). The van der Waals surface area contributed by atoms with E-state index >= 15 is 0 Å². The zero-order chi connectivity index (χ0) is 14.7. The van der Waals surface area contributed by atoms with Crippen molar-refractivity contribution in [3.8, 4) is 11.5 Å². The summed E-state index contributed by atoms with van der Waals surface area (Å²) in [5, 5.41) is 0. The van der Waals surface area contributed by atoms with Crippen LogP contribution < -0.4 is 9.47 Å². The van der Waals surface area contributed by atoms with E-state index in [9.17, 15) is 4.39 Å². The van der Waals surface area contributed by atoms with E-state index < -0.39 is 0 Å². The molecule has 2 aromatic rings. The summed E-state index contributed by atoms with van der Waals surface area (Å²) in [5.41, 5.74) is 2.68. The van der Waals surface area contributed by atoms with Gasteiger partial charge in [-0.25, -0.2) is 4.39 Å². The van der Waals surface area contributed by atoms with Crippen molar-refractivity contribution in [2.24, 2.45) is 0 Å². The monoisotopic (exact) mass is 339 g/mol. The van der Waals surface area contributed by atoms with Gasteiger partial charge in [-0.2, -0.15) is 0 Å². The summed E-state index contributed by atoms with van der Waals surface area (Å²) in [5.74, 6) is 0.914. The molecule has 0 amide bonds. The summed E-state index contributed by atoms with van der Waals surface area (Å²) in [7, 11) is 1.63. The molecule has 3 nitrogen and oxygen atoms in total. The molecule has 0 aliphatic heterocycles. The van der Waals surface area contributed by atoms with Gasteiger partial charge in [-0.3, -0.25) is 4.98 Å². The number of pyridine rings is 1. The zero-order valence-corrected chi connectivity index (χ0v) is 13.1. The van der Waals surface area contributed by atoms with Gasteiger partial charge in [-0.15, -0.1) is 0 Å². The van der Waals surface area contributed by atoms with E-state index in [0.717, 1.165) is 22.6 Å². The topological polar surface area (TPSA) is 31.4 Å². The molecule has 0 saturated heterocycles. The fourth-order valence-electron chi connectivity index (χ4n) is 1.98. The second-order valence-corrected chi connectivity index (χ2v) is 5.36. The van der Waals surface area contributed by atoms with Gasteiger partial charge in [0.15, 0.2) is 0 Å². The van der Waals surface area contributed by atoms with Crippen LogP contribution in [0, 0.1) is 19.7 Å². The van der Waals surface area contributed by atoms with Crippen LogP contribution in [-0.4, -0.2) is 12.1 Å². The number of halogens is 2. The van der Waals surface area contributed by atoms with Crippen molar-refractivity contribution in [3.63, 3.8) is 0 Å². The van der Waals surface area contributed by atoms with Crippen LogP contribution in [0.3, 0.4) is 0 Å². The molecule has 0 N–H and O–H groups in total. The van der Waals surface area contributed by atoms with E-state index in [4.69, 9.17) is 9.47 Å². The number of hydrogen-bond donors (Lipinski definition) is 0. The highest BCUT2D eigenvalue weighted by atomic mass is 79.9. The second kappa shape index (κ2) is 6.22. The number of ether oxygens (including phenoxy) is 2. The Morgan fingerprint density at radius 1 is 1.25 bits per heavy atom. The van der Waals surface area contributed by atoms with Gasteiger partial charge >= 0.3 is 0 Å². The van der Waals surface area contributed by atoms with E-state index in [2.05, 4.69) is 20.9 Å². The number of methoxy groups -OCH3 is 1. The maximum Gasteiger partial charge on any atom is 0.131 e. The van der Waals surface area contributed by atoms with Crippen molar-refractivity contribution >= 4 is 15.9 Å². The Morgan fingerprint density at radius 3 is 2.65 bits per heavy atom. The van der Waals surface area contributed by atoms with Gasteiger partial charge in [-0.05, 0) is 26.0 Å². The lowest BCUT2D eigenvalue weighted by molar-refractivity contribution is 0.297. The van der Waals surface area contributed by atoms with Gasteiger partial charge in [0.25, 0.3) is 0 Å². The third kappa shape index (κ3) is 3.28. The Labute approximate surface area is 125 Å². The highest BCUT2D eigenvalue weighted by molar-refractivity contribution is 9.10. The number of hydrogen-bond acceptors (Lipinski definition) is 3. The van der Waals surface area contributed by atoms with Crippen LogP contribution in [0.5, 0.6) is 11.5 Å². The average Bonchev–Trinajstić information content (AvgIpc) is 2.37. The molecule has 0 fully saturated rings. The van der Waals surface area contributed by atoms with Gasteiger partial charge in [0, 0.05) is 27.9 Å². The normalized spacial score (nSPS) is 10.4. The summed E-state index contributed by atoms with van der Waals surface area (Å²) >= 11 is 3.23. The first-order chi connectivity index (χ1) is 9.51. The minimum Gasteiger partial charge on any atom is -0.496 e. The van der Waals surface area contributed by atoms with Crippen molar-refractivity contribution in [1.82, 2.24) is 4.98 Å². The Balaban J connectivity index is 2.19. The number of rotatable bonds is 4. The molecule has 1 aromatic heterocycles. The fraction of sp³-hybridized carbons (Fsp3) is 0.267. The van der Waals surface area contributed by atoms with Crippen molar-refractivity contribution < 1.29 is 13.9 Å². The molecular formula is C15H15BrFNO2. The Morgan fingerprint density at radius 2 is 2.00 bits per heavy atom.